The van der Waals surface area contributed by atoms with Gasteiger partial charge in [-0.1, -0.05) is 13.8 Å². The van der Waals surface area contributed by atoms with Crippen molar-refractivity contribution in [1.82, 2.24) is 14.4 Å². The van der Waals surface area contributed by atoms with Crippen molar-refractivity contribution < 1.29 is 8.78 Å². The fraction of sp³-hybridized carbons (Fsp3) is 0.227. The minimum atomic E-state index is -0.659. The van der Waals surface area contributed by atoms with Crippen molar-refractivity contribution in [1.29, 1.82) is 0 Å². The van der Waals surface area contributed by atoms with E-state index in [2.05, 4.69) is 29.1 Å². The molecule has 0 fully saturated rings. The molecule has 0 aliphatic carbocycles. The molecule has 0 unspecified atom stereocenters. The number of nitrogens with zero attached hydrogens (tertiary/aromatic N) is 5. The molecule has 152 valence electrons. The number of imidazole rings is 1. The molecule has 30 heavy (non-hydrogen) atoms. The van der Waals surface area contributed by atoms with E-state index >= 15 is 0 Å². The molecule has 2 aromatic heterocycles. The Bertz CT molecular complexity index is 1270. The summed E-state index contributed by atoms with van der Waals surface area (Å²) in [7, 11) is 0.847. The number of rotatable bonds is 3. The minimum Gasteiger partial charge on any atom is -0.296 e. The number of azo groups is 1. The van der Waals surface area contributed by atoms with E-state index in [1.807, 2.05) is 30.4 Å². The Morgan fingerprint density at radius 2 is 1.87 bits per heavy atom. The second-order valence-corrected chi connectivity index (χ2v) is 8.49. The van der Waals surface area contributed by atoms with Crippen LogP contribution in [0.15, 0.2) is 58.7 Å². The van der Waals surface area contributed by atoms with Gasteiger partial charge in [0.1, 0.15) is 17.3 Å². The molecule has 0 saturated heterocycles. The molecule has 0 spiro atoms. The van der Waals surface area contributed by atoms with Crippen LogP contribution in [0.3, 0.4) is 0 Å². The lowest BCUT2D eigenvalue weighted by atomic mass is 10.1. The molecule has 1 aliphatic heterocycles. The van der Waals surface area contributed by atoms with E-state index in [0.29, 0.717) is 11.3 Å². The van der Waals surface area contributed by atoms with Crippen molar-refractivity contribution in [3.05, 3.63) is 71.5 Å². The zero-order valence-corrected chi connectivity index (χ0v) is 18.0. The fourth-order valence-corrected chi connectivity index (χ4v) is 4.20. The van der Waals surface area contributed by atoms with E-state index in [1.54, 1.807) is 12.4 Å². The normalized spacial score (nSPS) is 18.4. The van der Waals surface area contributed by atoms with Crippen LogP contribution in [0.2, 0.25) is 0 Å². The monoisotopic (exact) mass is 423 g/mol. The van der Waals surface area contributed by atoms with Crippen LogP contribution in [-0.4, -0.2) is 19.8 Å². The van der Waals surface area contributed by atoms with Gasteiger partial charge >= 0.3 is 0 Å². The molecule has 0 atom stereocenters. The predicted molar refractivity (Wildman–Crippen MR) is 116 cm³/mol. The van der Waals surface area contributed by atoms with Crippen LogP contribution in [0.4, 0.5) is 8.78 Å². The molecule has 4 rings (SSSR count). The highest BCUT2D eigenvalue weighted by Crippen LogP contribution is 2.39. The van der Waals surface area contributed by atoms with E-state index < -0.39 is 11.6 Å². The van der Waals surface area contributed by atoms with Gasteiger partial charge < -0.3 is 0 Å². The lowest BCUT2D eigenvalue weighted by Gasteiger charge is -2.11. The Balaban J connectivity index is 2.06. The third-order valence-corrected chi connectivity index (χ3v) is 6.13. The summed E-state index contributed by atoms with van der Waals surface area (Å²) in [6.07, 6.45) is 7.33. The van der Waals surface area contributed by atoms with Crippen LogP contribution in [-0.2, 0) is 0 Å². The number of benzene rings is 1. The van der Waals surface area contributed by atoms with E-state index in [1.165, 1.54) is 12.1 Å². The quantitative estimate of drug-likeness (QED) is 0.456. The molecule has 0 amide bonds. The number of halogens is 2. The van der Waals surface area contributed by atoms with Crippen molar-refractivity contribution >= 4 is 24.6 Å². The van der Waals surface area contributed by atoms with Gasteiger partial charge in [-0.15, -0.1) is 0 Å². The first kappa shape index (κ1) is 20.2. The third kappa shape index (κ3) is 3.73. The standard InChI is InChI=1S/C22H20F2N5P/c1-12(2)22-28-27-13(3)5-8-18(30-22)20-19(16-7-6-15(23)11-17(16)24)26-21-14(4)25-9-10-29(20)21/h5-12H,1-4H3/b8-5?,13-5+,18-8-,27-13?,28-22?,28-27?. The van der Waals surface area contributed by atoms with Crippen LogP contribution in [0, 0.1) is 24.5 Å². The van der Waals surface area contributed by atoms with Gasteiger partial charge in [0.05, 0.1) is 22.5 Å². The zero-order valence-electron chi connectivity index (χ0n) is 17.1. The Morgan fingerprint density at radius 1 is 1.07 bits per heavy atom. The predicted octanol–water partition coefficient (Wildman–Crippen LogP) is 6.43. The minimum absolute atomic E-state index is 0.179. The summed E-state index contributed by atoms with van der Waals surface area (Å²) in [6, 6.07) is 3.54. The molecule has 1 aromatic carbocycles. The summed E-state index contributed by atoms with van der Waals surface area (Å²) in [5.41, 5.74) is 4.40. The maximum atomic E-state index is 14.7. The second kappa shape index (κ2) is 8.00. The molecule has 0 bridgehead atoms. The van der Waals surface area contributed by atoms with Gasteiger partial charge in [0, 0.05) is 35.3 Å². The smallest absolute Gasteiger partial charge is 0.159 e. The lowest BCUT2D eigenvalue weighted by Crippen LogP contribution is -2.02. The van der Waals surface area contributed by atoms with Gasteiger partial charge in [-0.05, 0) is 46.3 Å². The molecular formula is C22H20F2N5P. The second-order valence-electron chi connectivity index (χ2n) is 7.32. The fourth-order valence-electron chi connectivity index (χ4n) is 3.14. The van der Waals surface area contributed by atoms with Crippen LogP contribution in [0.25, 0.3) is 22.2 Å². The molecule has 8 heteroatoms. The van der Waals surface area contributed by atoms with Gasteiger partial charge in [-0.2, -0.15) is 10.2 Å². The Morgan fingerprint density at radius 3 is 2.60 bits per heavy atom. The van der Waals surface area contributed by atoms with Crippen molar-refractivity contribution in [2.75, 3.05) is 0 Å². The Hall–Kier alpha value is -3.05. The van der Waals surface area contributed by atoms with Gasteiger partial charge in [0.25, 0.3) is 0 Å². The summed E-state index contributed by atoms with van der Waals surface area (Å²) < 4.78 is 30.2. The molecule has 3 heterocycles. The van der Waals surface area contributed by atoms with Gasteiger partial charge in [-0.3, -0.25) is 9.38 Å². The third-order valence-electron chi connectivity index (χ3n) is 4.69. The van der Waals surface area contributed by atoms with Crippen molar-refractivity contribution in [2.45, 2.75) is 27.7 Å². The van der Waals surface area contributed by atoms with E-state index in [0.717, 1.165) is 42.1 Å². The molecule has 0 radical (unpaired) electrons. The highest BCUT2D eigenvalue weighted by atomic mass is 31.1. The molecule has 0 saturated carbocycles. The summed E-state index contributed by atoms with van der Waals surface area (Å²) in [6.45, 7) is 7.84. The average molecular weight is 423 g/mol. The highest BCUT2D eigenvalue weighted by molar-refractivity contribution is 7.52. The van der Waals surface area contributed by atoms with Crippen LogP contribution >= 0.6 is 8.20 Å². The van der Waals surface area contributed by atoms with E-state index in [9.17, 15) is 8.78 Å². The summed E-state index contributed by atoms with van der Waals surface area (Å²) in [5.74, 6) is -1.11. The van der Waals surface area contributed by atoms with Gasteiger partial charge in [0.2, 0.25) is 0 Å². The first-order valence-electron chi connectivity index (χ1n) is 9.53. The maximum Gasteiger partial charge on any atom is 0.159 e. The number of hydrogen-bond acceptors (Lipinski definition) is 4. The summed E-state index contributed by atoms with van der Waals surface area (Å²) in [5, 5.41) is 9.55. The maximum absolute atomic E-state index is 14.7. The Kier molecular flexibility index (Phi) is 5.39. The van der Waals surface area contributed by atoms with Crippen LogP contribution in [0.5, 0.6) is 0 Å². The lowest BCUT2D eigenvalue weighted by molar-refractivity contribution is 0.585. The van der Waals surface area contributed by atoms with Crippen LogP contribution in [0.1, 0.15) is 32.2 Å². The van der Waals surface area contributed by atoms with Crippen molar-refractivity contribution in [2.24, 2.45) is 16.1 Å². The molecule has 1 aliphatic rings. The largest absolute Gasteiger partial charge is 0.296 e. The van der Waals surface area contributed by atoms with Crippen molar-refractivity contribution in [3.8, 4) is 11.3 Å². The van der Waals surface area contributed by atoms with Gasteiger partial charge in [0.15, 0.2) is 5.65 Å². The number of aromatic nitrogens is 3. The SMILES string of the molecule is C/C1=C\C=C(\c2c(-c3ccc(F)cc3F)nc3c(C)nccn23)P=C(C(C)C)N=N1. The summed E-state index contributed by atoms with van der Waals surface area (Å²) >= 11 is 0. The molecule has 3 aromatic rings. The van der Waals surface area contributed by atoms with Gasteiger partial charge in [-0.25, -0.2) is 13.8 Å². The Labute approximate surface area is 174 Å². The molecular weight excluding hydrogens is 403 g/mol. The zero-order chi connectivity index (χ0) is 21.4. The number of aryl methyl sites for hydroxylation is 1. The number of fused-ring (bicyclic) bond motifs is 1. The average Bonchev–Trinajstić information content (AvgIpc) is 3.06. The molecule has 5 nitrogen and oxygen atoms in total. The first-order valence-corrected chi connectivity index (χ1v) is 10.4. The van der Waals surface area contributed by atoms with E-state index in [4.69, 9.17) is 4.98 Å². The number of hydrogen-bond donors (Lipinski definition) is 0. The summed E-state index contributed by atoms with van der Waals surface area (Å²) in [4.78, 5) is 9.02. The first-order chi connectivity index (χ1) is 14.3. The van der Waals surface area contributed by atoms with Crippen molar-refractivity contribution in [3.63, 3.8) is 0 Å². The molecule has 0 N–H and O–H groups in total. The van der Waals surface area contributed by atoms with E-state index in [-0.39, 0.29) is 11.5 Å². The number of allylic oxidation sites excluding steroid dienone is 3. The highest BCUT2D eigenvalue weighted by Gasteiger charge is 2.22. The topological polar surface area (TPSA) is 54.9 Å². The van der Waals surface area contributed by atoms with Crippen LogP contribution < -0.4 is 0 Å².